The maximum atomic E-state index is 12.0. The summed E-state index contributed by atoms with van der Waals surface area (Å²) in [5.74, 6) is 0.366. The van der Waals surface area contributed by atoms with Gasteiger partial charge in [-0.3, -0.25) is 4.79 Å². The van der Waals surface area contributed by atoms with Crippen LogP contribution in [0.2, 0.25) is 0 Å². The van der Waals surface area contributed by atoms with Crippen molar-refractivity contribution in [2.45, 2.75) is 30.6 Å². The molecule has 0 heterocycles. The molecule has 0 aromatic heterocycles. The van der Waals surface area contributed by atoms with Gasteiger partial charge in [0, 0.05) is 13.0 Å². The highest BCUT2D eigenvalue weighted by atomic mass is 32.2. The molecule has 1 aromatic carbocycles. The van der Waals surface area contributed by atoms with E-state index in [4.69, 9.17) is 4.74 Å². The van der Waals surface area contributed by atoms with Crippen LogP contribution < -0.4 is 9.46 Å². The van der Waals surface area contributed by atoms with Crippen molar-refractivity contribution in [3.63, 3.8) is 0 Å². The summed E-state index contributed by atoms with van der Waals surface area (Å²) in [4.78, 5) is 11.1. The van der Waals surface area contributed by atoms with Crippen molar-refractivity contribution in [3.05, 3.63) is 24.3 Å². The van der Waals surface area contributed by atoms with E-state index in [1.165, 1.54) is 26.4 Å². The highest BCUT2D eigenvalue weighted by Crippen LogP contribution is 2.15. The highest BCUT2D eigenvalue weighted by molar-refractivity contribution is 7.89. The molecule has 0 saturated heterocycles. The molecule has 6 nitrogen and oxygen atoms in total. The molecule has 0 unspecified atom stereocenters. The second kappa shape index (κ2) is 8.63. The Kier molecular flexibility index (Phi) is 7.18. The lowest BCUT2D eigenvalue weighted by molar-refractivity contribution is -0.140. The third kappa shape index (κ3) is 6.14. The second-order valence-electron chi connectivity index (χ2n) is 4.46. The molecule has 0 fully saturated rings. The summed E-state index contributed by atoms with van der Waals surface area (Å²) in [6.45, 7) is 0.343. The van der Waals surface area contributed by atoms with Gasteiger partial charge in [-0.2, -0.15) is 0 Å². The molecule has 0 amide bonds. The fourth-order valence-corrected chi connectivity index (χ4v) is 2.79. The lowest BCUT2D eigenvalue weighted by Crippen LogP contribution is -2.24. The quantitative estimate of drug-likeness (QED) is 0.554. The molecule has 21 heavy (non-hydrogen) atoms. The molecule has 0 spiro atoms. The highest BCUT2D eigenvalue weighted by Gasteiger charge is 2.12. The average molecular weight is 315 g/mol. The number of ether oxygens (including phenoxy) is 2. The first-order chi connectivity index (χ1) is 9.99. The minimum absolute atomic E-state index is 0.206. The third-order valence-electron chi connectivity index (χ3n) is 2.95. The number of carbonyl (C=O) groups excluding carboxylic acids is 1. The minimum atomic E-state index is -3.49. The zero-order valence-electron chi connectivity index (χ0n) is 12.3. The number of hydrogen-bond donors (Lipinski definition) is 1. The Morgan fingerprint density at radius 1 is 1.10 bits per heavy atom. The van der Waals surface area contributed by atoms with Crippen molar-refractivity contribution in [1.82, 2.24) is 4.72 Å². The van der Waals surface area contributed by atoms with Gasteiger partial charge in [0.05, 0.1) is 19.1 Å². The van der Waals surface area contributed by atoms with Crippen LogP contribution in [0.1, 0.15) is 25.7 Å². The van der Waals surface area contributed by atoms with Gasteiger partial charge in [-0.1, -0.05) is 6.42 Å². The fraction of sp³-hybridized carbons (Fsp3) is 0.500. The van der Waals surface area contributed by atoms with Gasteiger partial charge < -0.3 is 9.47 Å². The van der Waals surface area contributed by atoms with E-state index >= 15 is 0 Å². The van der Waals surface area contributed by atoms with E-state index in [0.717, 1.165) is 6.42 Å². The van der Waals surface area contributed by atoms with Crippen LogP contribution in [-0.4, -0.2) is 35.2 Å². The Balaban J connectivity index is 2.34. The maximum absolute atomic E-state index is 12.0. The molecule has 0 aliphatic carbocycles. The van der Waals surface area contributed by atoms with Crippen LogP contribution in [0.4, 0.5) is 0 Å². The standard InChI is InChI=1S/C14H21NO5S/c1-19-12-7-9-13(10-8-12)21(17,18)15-11-5-3-4-6-14(16)20-2/h7-10,15H,3-6,11H2,1-2H3. The van der Waals surface area contributed by atoms with Gasteiger partial charge >= 0.3 is 5.97 Å². The first-order valence-electron chi connectivity index (χ1n) is 6.70. The SMILES string of the molecule is COC(=O)CCCCCNS(=O)(=O)c1ccc(OC)cc1. The molecule has 1 rings (SSSR count). The molecule has 0 aliphatic rings. The predicted octanol–water partition coefficient (Wildman–Crippen LogP) is 1.71. The summed E-state index contributed by atoms with van der Waals surface area (Å²) < 4.78 is 36.0. The number of hydrogen-bond acceptors (Lipinski definition) is 5. The van der Waals surface area contributed by atoms with E-state index in [2.05, 4.69) is 9.46 Å². The van der Waals surface area contributed by atoms with Gasteiger partial charge in [0.2, 0.25) is 10.0 Å². The van der Waals surface area contributed by atoms with Crippen molar-refractivity contribution in [1.29, 1.82) is 0 Å². The van der Waals surface area contributed by atoms with Gasteiger partial charge in [0.15, 0.2) is 0 Å². The van der Waals surface area contributed by atoms with E-state index in [0.29, 0.717) is 31.6 Å². The van der Waals surface area contributed by atoms with Crippen LogP contribution in [0, 0.1) is 0 Å². The number of nitrogens with one attached hydrogen (secondary N) is 1. The van der Waals surface area contributed by atoms with E-state index in [9.17, 15) is 13.2 Å². The van der Waals surface area contributed by atoms with E-state index < -0.39 is 10.0 Å². The minimum Gasteiger partial charge on any atom is -0.497 e. The van der Waals surface area contributed by atoms with E-state index in [-0.39, 0.29) is 10.9 Å². The molecular formula is C14H21NO5S. The Morgan fingerprint density at radius 2 is 1.76 bits per heavy atom. The zero-order valence-corrected chi connectivity index (χ0v) is 13.1. The molecule has 118 valence electrons. The molecule has 0 bridgehead atoms. The monoisotopic (exact) mass is 315 g/mol. The van der Waals surface area contributed by atoms with E-state index in [1.54, 1.807) is 12.1 Å². The Morgan fingerprint density at radius 3 is 2.33 bits per heavy atom. The van der Waals surface area contributed by atoms with Gasteiger partial charge in [-0.15, -0.1) is 0 Å². The summed E-state index contributed by atoms with van der Waals surface area (Å²) in [7, 11) is -0.614. The number of sulfonamides is 1. The van der Waals surface area contributed by atoms with Crippen molar-refractivity contribution in [2.75, 3.05) is 20.8 Å². The molecule has 0 aliphatic heterocycles. The van der Waals surface area contributed by atoms with E-state index in [1.807, 2.05) is 0 Å². The van der Waals surface area contributed by atoms with Crippen LogP contribution >= 0.6 is 0 Å². The van der Waals surface area contributed by atoms with Gasteiger partial charge in [0.25, 0.3) is 0 Å². The van der Waals surface area contributed by atoms with Gasteiger partial charge in [-0.25, -0.2) is 13.1 Å². The topological polar surface area (TPSA) is 81.7 Å². The lowest BCUT2D eigenvalue weighted by atomic mass is 10.2. The normalized spacial score (nSPS) is 11.1. The molecule has 1 N–H and O–H groups in total. The molecular weight excluding hydrogens is 294 g/mol. The average Bonchev–Trinajstić information content (AvgIpc) is 2.50. The van der Waals surface area contributed by atoms with Crippen LogP contribution in [0.3, 0.4) is 0 Å². The first-order valence-corrected chi connectivity index (χ1v) is 8.18. The fourth-order valence-electron chi connectivity index (χ4n) is 1.72. The number of benzene rings is 1. The largest absolute Gasteiger partial charge is 0.497 e. The van der Waals surface area contributed by atoms with Crippen molar-refractivity contribution in [2.24, 2.45) is 0 Å². The Labute approximate surface area is 125 Å². The number of esters is 1. The Bertz CT molecular complexity index is 539. The van der Waals surface area contributed by atoms with Crippen LogP contribution in [-0.2, 0) is 19.6 Å². The van der Waals surface area contributed by atoms with Crippen molar-refractivity contribution >= 4 is 16.0 Å². The molecule has 7 heteroatoms. The number of methoxy groups -OCH3 is 2. The van der Waals surface area contributed by atoms with Gasteiger partial charge in [-0.05, 0) is 37.1 Å². The summed E-state index contributed by atoms with van der Waals surface area (Å²) in [6, 6.07) is 6.20. The van der Waals surface area contributed by atoms with Crippen LogP contribution in [0.15, 0.2) is 29.2 Å². The number of unbranched alkanes of at least 4 members (excludes halogenated alkanes) is 2. The first kappa shape index (κ1) is 17.5. The molecule has 0 radical (unpaired) electrons. The van der Waals surface area contributed by atoms with Gasteiger partial charge in [0.1, 0.15) is 5.75 Å². The summed E-state index contributed by atoms with van der Waals surface area (Å²) in [6.07, 6.45) is 2.49. The lowest BCUT2D eigenvalue weighted by Gasteiger charge is -2.07. The third-order valence-corrected chi connectivity index (χ3v) is 4.42. The molecule has 0 atom stereocenters. The summed E-state index contributed by atoms with van der Waals surface area (Å²) >= 11 is 0. The molecule has 1 aromatic rings. The predicted molar refractivity (Wildman–Crippen MR) is 78.7 cm³/mol. The number of carbonyl (C=O) groups is 1. The molecule has 0 saturated carbocycles. The second-order valence-corrected chi connectivity index (χ2v) is 6.23. The summed E-state index contributed by atoms with van der Waals surface area (Å²) in [5, 5.41) is 0. The van der Waals surface area contributed by atoms with Crippen LogP contribution in [0.5, 0.6) is 5.75 Å². The maximum Gasteiger partial charge on any atom is 0.305 e. The van der Waals surface area contributed by atoms with Crippen molar-refractivity contribution < 1.29 is 22.7 Å². The Hall–Kier alpha value is -1.60. The van der Waals surface area contributed by atoms with Crippen LogP contribution in [0.25, 0.3) is 0 Å². The summed E-state index contributed by atoms with van der Waals surface area (Å²) in [5.41, 5.74) is 0. The van der Waals surface area contributed by atoms with Crippen molar-refractivity contribution in [3.8, 4) is 5.75 Å². The zero-order chi connectivity index (χ0) is 15.7. The smallest absolute Gasteiger partial charge is 0.305 e. The number of rotatable bonds is 9.